The second-order valence-electron chi connectivity index (χ2n) is 4.93. The Morgan fingerprint density at radius 2 is 1.81 bits per heavy atom. The Kier molecular flexibility index (Phi) is 11.5. The molecule has 122 valence electrons. The van der Waals surface area contributed by atoms with Gasteiger partial charge in [0.15, 0.2) is 0 Å². The van der Waals surface area contributed by atoms with Crippen molar-refractivity contribution < 1.29 is 29.6 Å². The standard InChI is InChI=1S/C15H26O6/c1-2-3-4-5-6-7-8-12(9-14(18)19)15(20)21-13(10-16)11-17/h2-3,12-13,16-17H,4-11H2,1H3,(H,18,19)/b3-2+. The van der Waals surface area contributed by atoms with E-state index in [-0.39, 0.29) is 6.42 Å². The predicted molar refractivity (Wildman–Crippen MR) is 77.7 cm³/mol. The van der Waals surface area contributed by atoms with E-state index in [4.69, 9.17) is 20.1 Å². The fourth-order valence-corrected chi connectivity index (χ4v) is 1.90. The normalized spacial score (nSPS) is 12.8. The Balaban J connectivity index is 4.24. The number of carbonyl (C=O) groups excluding carboxylic acids is 1. The van der Waals surface area contributed by atoms with Crippen molar-refractivity contribution in [3.05, 3.63) is 12.2 Å². The Morgan fingerprint density at radius 3 is 2.33 bits per heavy atom. The molecule has 0 amide bonds. The van der Waals surface area contributed by atoms with Crippen LogP contribution in [-0.4, -0.2) is 46.6 Å². The first-order valence-electron chi connectivity index (χ1n) is 7.30. The number of aliphatic hydroxyl groups is 2. The van der Waals surface area contributed by atoms with Crippen molar-refractivity contribution >= 4 is 11.9 Å². The third kappa shape index (κ3) is 10.0. The number of carboxylic acids is 1. The van der Waals surface area contributed by atoms with Crippen LogP contribution in [0.3, 0.4) is 0 Å². The van der Waals surface area contributed by atoms with E-state index in [1.807, 2.05) is 13.0 Å². The quantitative estimate of drug-likeness (QED) is 0.287. The molecule has 3 N–H and O–H groups in total. The van der Waals surface area contributed by atoms with Crippen molar-refractivity contribution in [2.45, 2.75) is 51.6 Å². The molecule has 1 unspecified atom stereocenters. The molecule has 0 radical (unpaired) electrons. The Hall–Kier alpha value is -1.40. The highest BCUT2D eigenvalue weighted by Gasteiger charge is 2.25. The molecular weight excluding hydrogens is 276 g/mol. The molecule has 0 bridgehead atoms. The van der Waals surface area contributed by atoms with Crippen molar-refractivity contribution in [3.63, 3.8) is 0 Å². The maximum absolute atomic E-state index is 11.9. The zero-order valence-electron chi connectivity index (χ0n) is 12.5. The predicted octanol–water partition coefficient (Wildman–Crippen LogP) is 1.50. The zero-order valence-corrected chi connectivity index (χ0v) is 12.5. The monoisotopic (exact) mass is 302 g/mol. The van der Waals surface area contributed by atoms with Crippen molar-refractivity contribution in [1.29, 1.82) is 0 Å². The highest BCUT2D eigenvalue weighted by molar-refractivity contribution is 5.79. The highest BCUT2D eigenvalue weighted by atomic mass is 16.6. The molecule has 6 heteroatoms. The third-order valence-electron chi connectivity index (χ3n) is 3.10. The van der Waals surface area contributed by atoms with Gasteiger partial charge in [-0.3, -0.25) is 9.59 Å². The van der Waals surface area contributed by atoms with E-state index in [0.29, 0.717) is 6.42 Å². The van der Waals surface area contributed by atoms with Gasteiger partial charge in [0.05, 0.1) is 25.6 Å². The van der Waals surface area contributed by atoms with Gasteiger partial charge < -0.3 is 20.1 Å². The molecule has 0 saturated heterocycles. The topological polar surface area (TPSA) is 104 Å². The van der Waals surface area contributed by atoms with E-state index in [0.717, 1.165) is 25.7 Å². The van der Waals surface area contributed by atoms with E-state index in [1.54, 1.807) is 0 Å². The summed E-state index contributed by atoms with van der Waals surface area (Å²) in [5.41, 5.74) is 0. The number of carbonyl (C=O) groups is 2. The molecule has 0 aliphatic heterocycles. The third-order valence-corrected chi connectivity index (χ3v) is 3.10. The largest absolute Gasteiger partial charge is 0.481 e. The molecule has 0 aromatic carbocycles. The van der Waals surface area contributed by atoms with Crippen molar-refractivity contribution in [2.75, 3.05) is 13.2 Å². The maximum atomic E-state index is 11.9. The molecule has 0 aliphatic carbocycles. The van der Waals surface area contributed by atoms with E-state index in [2.05, 4.69) is 6.08 Å². The summed E-state index contributed by atoms with van der Waals surface area (Å²) in [6.45, 7) is 0.994. The van der Waals surface area contributed by atoms with Crippen LogP contribution in [-0.2, 0) is 14.3 Å². The van der Waals surface area contributed by atoms with Gasteiger partial charge in [0.1, 0.15) is 6.10 Å². The van der Waals surface area contributed by atoms with E-state index >= 15 is 0 Å². The van der Waals surface area contributed by atoms with Crippen LogP contribution in [0.2, 0.25) is 0 Å². The number of ether oxygens (including phenoxy) is 1. The van der Waals surface area contributed by atoms with E-state index in [9.17, 15) is 9.59 Å². The number of hydrogen-bond acceptors (Lipinski definition) is 5. The molecule has 0 aromatic heterocycles. The molecule has 0 saturated carbocycles. The van der Waals surface area contributed by atoms with E-state index < -0.39 is 37.2 Å². The number of carboxylic acid groups (broad SMARTS) is 1. The lowest BCUT2D eigenvalue weighted by molar-refractivity contribution is -0.161. The van der Waals surface area contributed by atoms with Crippen molar-refractivity contribution in [1.82, 2.24) is 0 Å². The lowest BCUT2D eigenvalue weighted by Crippen LogP contribution is -2.30. The number of allylic oxidation sites excluding steroid dienone is 2. The first kappa shape index (κ1) is 19.6. The van der Waals surface area contributed by atoms with Crippen LogP contribution < -0.4 is 0 Å². The molecule has 0 aliphatic rings. The maximum Gasteiger partial charge on any atom is 0.309 e. The van der Waals surface area contributed by atoms with Gasteiger partial charge in [-0.25, -0.2) is 0 Å². The van der Waals surface area contributed by atoms with Crippen LogP contribution >= 0.6 is 0 Å². The van der Waals surface area contributed by atoms with Gasteiger partial charge in [0.2, 0.25) is 0 Å². The molecule has 0 heterocycles. The number of esters is 1. The van der Waals surface area contributed by atoms with Crippen LogP contribution in [0.5, 0.6) is 0 Å². The Labute approximate surface area is 125 Å². The van der Waals surface area contributed by atoms with Gasteiger partial charge in [-0.1, -0.05) is 25.0 Å². The smallest absolute Gasteiger partial charge is 0.309 e. The van der Waals surface area contributed by atoms with Gasteiger partial charge in [-0.05, 0) is 26.2 Å². The second-order valence-corrected chi connectivity index (χ2v) is 4.93. The van der Waals surface area contributed by atoms with E-state index in [1.165, 1.54) is 0 Å². The summed E-state index contributed by atoms with van der Waals surface area (Å²) in [5, 5.41) is 26.6. The average Bonchev–Trinajstić information content (AvgIpc) is 2.46. The van der Waals surface area contributed by atoms with Crippen molar-refractivity contribution in [2.24, 2.45) is 5.92 Å². The SMILES string of the molecule is C/C=C/CCCCCC(CC(=O)O)C(=O)OC(CO)CO. The van der Waals surface area contributed by atoms with Crippen LogP contribution in [0.15, 0.2) is 12.2 Å². The minimum Gasteiger partial charge on any atom is -0.481 e. The van der Waals surface area contributed by atoms with Gasteiger partial charge in [-0.15, -0.1) is 0 Å². The average molecular weight is 302 g/mol. The molecule has 21 heavy (non-hydrogen) atoms. The fourth-order valence-electron chi connectivity index (χ4n) is 1.90. The first-order chi connectivity index (χ1) is 10.0. The summed E-state index contributed by atoms with van der Waals surface area (Å²) in [5.74, 6) is -2.46. The first-order valence-corrected chi connectivity index (χ1v) is 7.30. The summed E-state index contributed by atoms with van der Waals surface area (Å²) in [4.78, 5) is 22.7. The summed E-state index contributed by atoms with van der Waals surface area (Å²) in [6.07, 6.45) is 6.83. The molecular formula is C15H26O6. The number of rotatable bonds is 12. The van der Waals surface area contributed by atoms with Gasteiger partial charge in [0.25, 0.3) is 0 Å². The molecule has 0 rings (SSSR count). The number of aliphatic hydroxyl groups excluding tert-OH is 2. The lowest BCUT2D eigenvalue weighted by atomic mass is 9.97. The molecule has 1 atom stereocenters. The Bertz CT molecular complexity index is 322. The molecule has 6 nitrogen and oxygen atoms in total. The van der Waals surface area contributed by atoms with Gasteiger partial charge in [0, 0.05) is 0 Å². The van der Waals surface area contributed by atoms with Crippen molar-refractivity contribution in [3.8, 4) is 0 Å². The number of hydrogen-bond donors (Lipinski definition) is 3. The zero-order chi connectivity index (χ0) is 16.1. The molecule has 0 aromatic rings. The lowest BCUT2D eigenvalue weighted by Gasteiger charge is -2.18. The number of aliphatic carboxylic acids is 1. The summed E-state index contributed by atoms with van der Waals surface area (Å²) < 4.78 is 4.89. The number of unbranched alkanes of at least 4 members (excludes halogenated alkanes) is 3. The highest BCUT2D eigenvalue weighted by Crippen LogP contribution is 2.17. The molecule has 0 spiro atoms. The Morgan fingerprint density at radius 1 is 1.14 bits per heavy atom. The minimum absolute atomic E-state index is 0.294. The van der Waals surface area contributed by atoms with Gasteiger partial charge >= 0.3 is 11.9 Å². The minimum atomic E-state index is -1.06. The van der Waals surface area contributed by atoms with Crippen LogP contribution in [0.25, 0.3) is 0 Å². The van der Waals surface area contributed by atoms with Crippen LogP contribution in [0.1, 0.15) is 45.4 Å². The summed E-state index contributed by atoms with van der Waals surface area (Å²) in [6, 6.07) is 0. The fraction of sp³-hybridized carbons (Fsp3) is 0.733. The van der Waals surface area contributed by atoms with Crippen LogP contribution in [0.4, 0.5) is 0 Å². The second kappa shape index (κ2) is 12.3. The van der Waals surface area contributed by atoms with Crippen LogP contribution in [0, 0.1) is 5.92 Å². The summed E-state index contributed by atoms with van der Waals surface area (Å²) in [7, 11) is 0. The van der Waals surface area contributed by atoms with Gasteiger partial charge in [-0.2, -0.15) is 0 Å². The molecule has 0 fully saturated rings. The summed E-state index contributed by atoms with van der Waals surface area (Å²) >= 11 is 0.